The van der Waals surface area contributed by atoms with Crippen LogP contribution in [0, 0.1) is 0 Å². The van der Waals surface area contributed by atoms with Crippen molar-refractivity contribution in [1.82, 2.24) is 10.2 Å². The average molecular weight is 238 g/mol. The van der Waals surface area contributed by atoms with Gasteiger partial charge >= 0.3 is 0 Å². The quantitative estimate of drug-likeness (QED) is 0.794. The molecular weight excluding hydrogens is 212 g/mol. The van der Waals surface area contributed by atoms with Crippen molar-refractivity contribution in [2.75, 3.05) is 13.6 Å². The highest BCUT2D eigenvalue weighted by Crippen LogP contribution is 2.33. The van der Waals surface area contributed by atoms with Gasteiger partial charge in [0.1, 0.15) is 5.78 Å². The number of nitrogens with one attached hydrogen (secondary N) is 1. The molecule has 3 nitrogen and oxygen atoms in total. The third-order valence-electron chi connectivity index (χ3n) is 4.42. The Labute approximate surface area is 105 Å². The number of ketones is 1. The van der Waals surface area contributed by atoms with E-state index in [0.29, 0.717) is 30.5 Å². The summed E-state index contributed by atoms with van der Waals surface area (Å²) in [5.74, 6) is 0.437. The average Bonchev–Trinajstić information content (AvgIpc) is 2.28. The van der Waals surface area contributed by atoms with E-state index in [1.165, 1.54) is 32.1 Å². The van der Waals surface area contributed by atoms with Crippen molar-refractivity contribution in [2.24, 2.45) is 0 Å². The lowest BCUT2D eigenvalue weighted by molar-refractivity contribution is -0.123. The Kier molecular flexibility index (Phi) is 4.57. The van der Waals surface area contributed by atoms with Gasteiger partial charge in [-0.1, -0.05) is 13.3 Å². The third kappa shape index (κ3) is 3.08. The summed E-state index contributed by atoms with van der Waals surface area (Å²) in [6, 6.07) is 1.98. The van der Waals surface area contributed by atoms with Gasteiger partial charge in [0.2, 0.25) is 0 Å². The lowest BCUT2D eigenvalue weighted by Gasteiger charge is -2.48. The Bertz CT molecular complexity index is 253. The van der Waals surface area contributed by atoms with Crippen LogP contribution in [0.1, 0.15) is 51.9 Å². The molecule has 0 aromatic carbocycles. The molecule has 0 aliphatic carbocycles. The van der Waals surface area contributed by atoms with Crippen LogP contribution in [0.2, 0.25) is 0 Å². The molecule has 0 spiro atoms. The zero-order valence-electron chi connectivity index (χ0n) is 11.2. The van der Waals surface area contributed by atoms with E-state index in [0.717, 1.165) is 12.8 Å². The van der Waals surface area contributed by atoms with E-state index in [1.807, 2.05) is 0 Å². The fourth-order valence-corrected chi connectivity index (χ4v) is 3.53. The molecule has 2 fully saturated rings. The number of Topliss-reactive ketones (excluding diaryl/α,β-unsaturated/α-hetero) is 1. The van der Waals surface area contributed by atoms with Gasteiger partial charge in [0, 0.05) is 24.5 Å². The lowest BCUT2D eigenvalue weighted by Crippen LogP contribution is -2.57. The summed E-state index contributed by atoms with van der Waals surface area (Å²) in [4.78, 5) is 14.3. The van der Waals surface area contributed by atoms with Crippen LogP contribution < -0.4 is 5.32 Å². The van der Waals surface area contributed by atoms with E-state index in [9.17, 15) is 4.79 Å². The molecule has 0 aromatic rings. The highest BCUT2D eigenvalue weighted by Gasteiger charge is 2.38. The van der Waals surface area contributed by atoms with E-state index in [2.05, 4.69) is 24.2 Å². The topological polar surface area (TPSA) is 32.3 Å². The van der Waals surface area contributed by atoms with Gasteiger partial charge in [-0.3, -0.25) is 9.69 Å². The summed E-state index contributed by atoms with van der Waals surface area (Å²) >= 11 is 0. The van der Waals surface area contributed by atoms with Crippen molar-refractivity contribution in [3.63, 3.8) is 0 Å². The molecule has 2 heterocycles. The fraction of sp³-hybridized carbons (Fsp3) is 0.929. The van der Waals surface area contributed by atoms with E-state index in [-0.39, 0.29) is 0 Å². The Balaban J connectivity index is 1.95. The maximum atomic E-state index is 11.8. The predicted molar refractivity (Wildman–Crippen MR) is 70.1 cm³/mol. The highest BCUT2D eigenvalue weighted by molar-refractivity contribution is 5.80. The molecule has 2 bridgehead atoms. The second-order valence-corrected chi connectivity index (χ2v) is 5.66. The van der Waals surface area contributed by atoms with Gasteiger partial charge in [-0.25, -0.2) is 0 Å². The molecule has 1 N–H and O–H groups in total. The van der Waals surface area contributed by atoms with Gasteiger partial charge in [-0.05, 0) is 39.2 Å². The Hall–Kier alpha value is -0.410. The zero-order valence-corrected chi connectivity index (χ0v) is 11.2. The van der Waals surface area contributed by atoms with Crippen molar-refractivity contribution in [2.45, 2.75) is 70.0 Å². The van der Waals surface area contributed by atoms with Crippen LogP contribution in [0.3, 0.4) is 0 Å². The van der Waals surface area contributed by atoms with Crippen molar-refractivity contribution >= 4 is 5.78 Å². The molecule has 1 unspecified atom stereocenters. The van der Waals surface area contributed by atoms with E-state index in [4.69, 9.17) is 0 Å². The Morgan fingerprint density at radius 3 is 2.47 bits per heavy atom. The molecule has 0 aromatic heterocycles. The van der Waals surface area contributed by atoms with Crippen LogP contribution in [0.4, 0.5) is 0 Å². The number of carbonyl (C=O) groups is 1. The van der Waals surface area contributed by atoms with Crippen LogP contribution in [0.5, 0.6) is 0 Å². The molecule has 2 saturated heterocycles. The number of rotatable bonds is 5. The number of piperidine rings is 2. The van der Waals surface area contributed by atoms with Crippen molar-refractivity contribution in [1.29, 1.82) is 0 Å². The molecule has 3 heteroatoms. The molecular formula is C14H26N2O. The van der Waals surface area contributed by atoms with Crippen molar-refractivity contribution < 1.29 is 4.79 Å². The molecule has 2 aliphatic rings. The summed E-state index contributed by atoms with van der Waals surface area (Å²) in [5.41, 5.74) is 0. The minimum atomic E-state index is 0.437. The predicted octanol–water partition coefficient (Wildman–Crippen LogP) is 1.96. The molecule has 17 heavy (non-hydrogen) atoms. The van der Waals surface area contributed by atoms with E-state index < -0.39 is 0 Å². The van der Waals surface area contributed by atoms with E-state index >= 15 is 0 Å². The molecule has 2 aliphatic heterocycles. The smallest absolute Gasteiger partial charge is 0.146 e. The maximum absolute atomic E-state index is 11.8. The van der Waals surface area contributed by atoms with Crippen LogP contribution in [0.15, 0.2) is 0 Å². The highest BCUT2D eigenvalue weighted by atomic mass is 16.1. The standard InChI is InChI=1S/C14H26N2O/c1-3-5-14(17)10-16-12-6-4-7-13(16)9-11(8-12)15-2/h11-13,15H,3-10H2,1-2H3/t11?,12-,13+. The first-order chi connectivity index (χ1) is 8.24. The fourth-order valence-electron chi connectivity index (χ4n) is 3.53. The second-order valence-electron chi connectivity index (χ2n) is 5.66. The molecule has 3 atom stereocenters. The Morgan fingerprint density at radius 1 is 1.29 bits per heavy atom. The number of fused-ring (bicyclic) bond motifs is 2. The zero-order chi connectivity index (χ0) is 12.3. The van der Waals surface area contributed by atoms with Crippen molar-refractivity contribution in [3.05, 3.63) is 0 Å². The largest absolute Gasteiger partial charge is 0.317 e. The third-order valence-corrected chi connectivity index (χ3v) is 4.42. The van der Waals surface area contributed by atoms with Gasteiger partial charge in [0.05, 0.1) is 6.54 Å². The van der Waals surface area contributed by atoms with Crippen LogP contribution in [0.25, 0.3) is 0 Å². The molecule has 2 rings (SSSR count). The summed E-state index contributed by atoms with van der Waals surface area (Å²) < 4.78 is 0. The van der Waals surface area contributed by atoms with Crippen LogP contribution in [-0.4, -0.2) is 42.4 Å². The molecule has 0 amide bonds. The minimum absolute atomic E-state index is 0.437. The second kappa shape index (κ2) is 5.96. The SMILES string of the molecule is CCCC(=O)CN1[C@@H]2CCC[C@H]1CC(NC)C2. The number of hydrogen-bond acceptors (Lipinski definition) is 3. The van der Waals surface area contributed by atoms with E-state index in [1.54, 1.807) is 0 Å². The minimum Gasteiger partial charge on any atom is -0.317 e. The lowest BCUT2D eigenvalue weighted by atomic mass is 9.81. The monoisotopic (exact) mass is 238 g/mol. The van der Waals surface area contributed by atoms with Gasteiger partial charge in [-0.15, -0.1) is 0 Å². The van der Waals surface area contributed by atoms with Crippen molar-refractivity contribution in [3.8, 4) is 0 Å². The number of hydrogen-bond donors (Lipinski definition) is 1. The van der Waals surface area contributed by atoms with Gasteiger partial charge in [0.25, 0.3) is 0 Å². The summed E-state index contributed by atoms with van der Waals surface area (Å²) in [7, 11) is 2.07. The summed E-state index contributed by atoms with van der Waals surface area (Å²) in [6.07, 6.45) is 8.12. The van der Waals surface area contributed by atoms with Gasteiger partial charge in [0.15, 0.2) is 0 Å². The number of nitrogens with zero attached hydrogens (tertiary/aromatic N) is 1. The van der Waals surface area contributed by atoms with Crippen LogP contribution >= 0.6 is 0 Å². The maximum Gasteiger partial charge on any atom is 0.146 e. The van der Waals surface area contributed by atoms with Gasteiger partial charge in [-0.2, -0.15) is 0 Å². The first-order valence-corrected chi connectivity index (χ1v) is 7.19. The normalized spacial score (nSPS) is 33.6. The first kappa shape index (κ1) is 13.0. The Morgan fingerprint density at radius 2 is 1.94 bits per heavy atom. The van der Waals surface area contributed by atoms with Gasteiger partial charge < -0.3 is 5.32 Å². The summed E-state index contributed by atoms with van der Waals surface area (Å²) in [5, 5.41) is 3.42. The first-order valence-electron chi connectivity index (χ1n) is 7.19. The summed E-state index contributed by atoms with van der Waals surface area (Å²) in [6.45, 7) is 2.80. The molecule has 98 valence electrons. The molecule has 0 radical (unpaired) electrons. The molecule has 0 saturated carbocycles. The van der Waals surface area contributed by atoms with Crippen LogP contribution in [-0.2, 0) is 4.79 Å². The number of carbonyl (C=O) groups excluding carboxylic acids is 1.